The van der Waals surface area contributed by atoms with E-state index in [1.54, 1.807) is 0 Å². The Kier molecular flexibility index (Phi) is 9.39. The quantitative estimate of drug-likeness (QED) is 0.257. The van der Waals surface area contributed by atoms with Crippen LogP contribution in [-0.4, -0.2) is 43.5 Å². The minimum absolute atomic E-state index is 0. The lowest BCUT2D eigenvalue weighted by molar-refractivity contribution is 0.0369. The fourth-order valence-corrected chi connectivity index (χ4v) is 1.21. The van der Waals surface area contributed by atoms with Gasteiger partial charge in [0.15, 0.2) is 5.96 Å². The van der Waals surface area contributed by atoms with Gasteiger partial charge in [-0.25, -0.2) is 0 Å². The van der Waals surface area contributed by atoms with E-state index in [1.165, 1.54) is 12.8 Å². The van der Waals surface area contributed by atoms with Crippen LogP contribution in [0.4, 0.5) is 0 Å². The lowest BCUT2D eigenvalue weighted by Crippen LogP contribution is -2.34. The van der Waals surface area contributed by atoms with Crippen LogP contribution in [-0.2, 0) is 4.74 Å². The van der Waals surface area contributed by atoms with Gasteiger partial charge in [0.25, 0.3) is 0 Å². The number of aliphatic hydroxyl groups excluding tert-OH is 1. The number of halogens is 1. The predicted octanol–water partition coefficient (Wildman–Crippen LogP) is 0.872. The van der Waals surface area contributed by atoms with Crippen molar-refractivity contribution in [2.75, 3.05) is 26.3 Å². The average Bonchev–Trinajstić information content (AvgIpc) is 3.07. The second-order valence-corrected chi connectivity index (χ2v) is 4.67. The summed E-state index contributed by atoms with van der Waals surface area (Å²) in [7, 11) is 0. The molecule has 0 bridgehead atoms. The first-order chi connectivity index (χ1) is 8.08. The molecular formula is C12H24IN3O2. The van der Waals surface area contributed by atoms with Crippen molar-refractivity contribution < 1.29 is 9.84 Å². The number of ether oxygens (including phenoxy) is 1. The van der Waals surface area contributed by atoms with Crippen LogP contribution < -0.4 is 11.1 Å². The maximum absolute atomic E-state index is 9.58. The normalized spacial score (nSPS) is 16.9. The largest absolute Gasteiger partial charge is 0.389 e. The van der Waals surface area contributed by atoms with Crippen molar-refractivity contribution in [2.45, 2.75) is 25.9 Å². The van der Waals surface area contributed by atoms with E-state index < -0.39 is 6.10 Å². The molecule has 18 heavy (non-hydrogen) atoms. The van der Waals surface area contributed by atoms with Crippen LogP contribution in [0.5, 0.6) is 0 Å². The van der Waals surface area contributed by atoms with Gasteiger partial charge in [-0.2, -0.15) is 0 Å². The third-order valence-electron chi connectivity index (χ3n) is 2.40. The molecule has 1 aliphatic rings. The highest BCUT2D eigenvalue weighted by Gasteiger charge is 2.21. The number of nitrogens with one attached hydrogen (secondary N) is 1. The van der Waals surface area contributed by atoms with Gasteiger partial charge in [-0.15, -0.1) is 24.0 Å². The zero-order valence-electron chi connectivity index (χ0n) is 10.9. The van der Waals surface area contributed by atoms with E-state index in [9.17, 15) is 5.11 Å². The molecule has 4 N–H and O–H groups in total. The first-order valence-corrected chi connectivity index (χ1v) is 6.02. The summed E-state index contributed by atoms with van der Waals surface area (Å²) < 4.78 is 5.36. The smallest absolute Gasteiger partial charge is 0.188 e. The van der Waals surface area contributed by atoms with Crippen LogP contribution in [0.3, 0.4) is 0 Å². The van der Waals surface area contributed by atoms with Gasteiger partial charge in [0.2, 0.25) is 0 Å². The van der Waals surface area contributed by atoms with E-state index >= 15 is 0 Å². The standard InChI is InChI=1S/C12H23N3O2.HI/c1-9(2)5-14-12(13)15-6-11(16)8-17-7-10-3-4-10;/h10-11,16H,1,3-8H2,2H3,(H3,13,14,15);1H. The molecule has 0 saturated heterocycles. The van der Waals surface area contributed by atoms with Gasteiger partial charge >= 0.3 is 0 Å². The first-order valence-electron chi connectivity index (χ1n) is 6.02. The molecular weight excluding hydrogens is 345 g/mol. The second kappa shape index (κ2) is 9.57. The molecule has 0 aromatic carbocycles. The summed E-state index contributed by atoms with van der Waals surface area (Å²) >= 11 is 0. The fraction of sp³-hybridized carbons (Fsp3) is 0.750. The van der Waals surface area contributed by atoms with Gasteiger partial charge < -0.3 is 20.9 Å². The Hall–Kier alpha value is -0.340. The Bertz CT molecular complexity index is 280. The van der Waals surface area contributed by atoms with Crippen molar-refractivity contribution in [2.24, 2.45) is 16.6 Å². The van der Waals surface area contributed by atoms with Gasteiger partial charge in [0, 0.05) is 13.2 Å². The zero-order chi connectivity index (χ0) is 12.7. The number of aliphatic imine (C=N–C) groups is 1. The first kappa shape index (κ1) is 17.7. The summed E-state index contributed by atoms with van der Waals surface area (Å²) in [5.74, 6) is 1.04. The van der Waals surface area contributed by atoms with Crippen LogP contribution in [0.15, 0.2) is 17.1 Å². The van der Waals surface area contributed by atoms with Crippen LogP contribution in [0, 0.1) is 5.92 Å². The van der Waals surface area contributed by atoms with Crippen LogP contribution >= 0.6 is 24.0 Å². The maximum atomic E-state index is 9.58. The molecule has 0 radical (unpaired) electrons. The molecule has 1 unspecified atom stereocenters. The molecule has 0 aromatic heterocycles. The van der Waals surface area contributed by atoms with E-state index in [0.29, 0.717) is 25.0 Å². The van der Waals surface area contributed by atoms with E-state index in [1.807, 2.05) is 6.92 Å². The highest BCUT2D eigenvalue weighted by Crippen LogP contribution is 2.28. The number of nitrogens with zero attached hydrogens (tertiary/aromatic N) is 1. The molecule has 5 nitrogen and oxygen atoms in total. The van der Waals surface area contributed by atoms with E-state index in [-0.39, 0.29) is 30.5 Å². The number of hydrogen-bond acceptors (Lipinski definition) is 3. The summed E-state index contributed by atoms with van der Waals surface area (Å²) in [6.45, 7) is 7.59. The Labute approximate surface area is 126 Å². The van der Waals surface area contributed by atoms with Crippen molar-refractivity contribution in [3.8, 4) is 0 Å². The summed E-state index contributed by atoms with van der Waals surface area (Å²) in [5.41, 5.74) is 6.59. The third-order valence-corrected chi connectivity index (χ3v) is 2.40. The Morgan fingerprint density at radius 2 is 2.28 bits per heavy atom. The Morgan fingerprint density at radius 1 is 1.61 bits per heavy atom. The number of guanidine groups is 1. The number of hydrogen-bond donors (Lipinski definition) is 3. The van der Waals surface area contributed by atoms with Crippen molar-refractivity contribution in [3.63, 3.8) is 0 Å². The van der Waals surface area contributed by atoms with E-state index in [4.69, 9.17) is 10.5 Å². The van der Waals surface area contributed by atoms with Gasteiger partial charge in [-0.05, 0) is 25.7 Å². The molecule has 0 spiro atoms. The number of nitrogens with two attached hydrogens (primary N) is 1. The minimum Gasteiger partial charge on any atom is -0.389 e. The fourth-order valence-electron chi connectivity index (χ4n) is 1.21. The molecule has 0 aliphatic heterocycles. The van der Waals surface area contributed by atoms with Gasteiger partial charge in [0.05, 0.1) is 19.3 Å². The molecule has 1 fully saturated rings. The van der Waals surface area contributed by atoms with Crippen molar-refractivity contribution in [3.05, 3.63) is 12.2 Å². The lowest BCUT2D eigenvalue weighted by Gasteiger charge is -2.10. The summed E-state index contributed by atoms with van der Waals surface area (Å²) in [5, 5.41) is 12.5. The zero-order valence-corrected chi connectivity index (χ0v) is 13.2. The Morgan fingerprint density at radius 3 is 2.83 bits per heavy atom. The molecule has 1 atom stereocenters. The number of aliphatic hydroxyl groups is 1. The summed E-state index contributed by atoms with van der Waals surface area (Å²) in [4.78, 5) is 4.02. The molecule has 0 aromatic rings. The predicted molar refractivity (Wildman–Crippen MR) is 84.3 cm³/mol. The highest BCUT2D eigenvalue weighted by atomic mass is 127. The minimum atomic E-state index is -0.584. The molecule has 1 aliphatic carbocycles. The van der Waals surface area contributed by atoms with Crippen molar-refractivity contribution in [1.82, 2.24) is 5.32 Å². The molecule has 6 heteroatoms. The van der Waals surface area contributed by atoms with Crippen molar-refractivity contribution in [1.29, 1.82) is 0 Å². The second-order valence-electron chi connectivity index (χ2n) is 4.67. The van der Waals surface area contributed by atoms with Crippen LogP contribution in [0.2, 0.25) is 0 Å². The molecule has 106 valence electrons. The van der Waals surface area contributed by atoms with Crippen molar-refractivity contribution >= 4 is 29.9 Å². The number of rotatable bonds is 8. The molecule has 1 rings (SSSR count). The third kappa shape index (κ3) is 9.67. The molecule has 1 saturated carbocycles. The highest BCUT2D eigenvalue weighted by molar-refractivity contribution is 14.0. The Balaban J connectivity index is 0.00000289. The molecule has 0 heterocycles. The SMILES string of the molecule is C=C(C)CNC(N)=NCC(O)COCC1CC1.I. The van der Waals surface area contributed by atoms with Crippen LogP contribution in [0.25, 0.3) is 0 Å². The van der Waals surface area contributed by atoms with Gasteiger partial charge in [0.1, 0.15) is 0 Å². The topological polar surface area (TPSA) is 79.9 Å². The van der Waals surface area contributed by atoms with E-state index in [2.05, 4.69) is 16.9 Å². The van der Waals surface area contributed by atoms with Gasteiger partial charge in [-0.1, -0.05) is 12.2 Å². The average molecular weight is 369 g/mol. The van der Waals surface area contributed by atoms with Gasteiger partial charge in [-0.3, -0.25) is 4.99 Å². The monoisotopic (exact) mass is 369 g/mol. The summed E-state index contributed by atoms with van der Waals surface area (Å²) in [6, 6.07) is 0. The van der Waals surface area contributed by atoms with E-state index in [0.717, 1.165) is 12.2 Å². The molecule has 0 amide bonds. The lowest BCUT2D eigenvalue weighted by atomic mass is 10.3. The summed E-state index contributed by atoms with van der Waals surface area (Å²) in [6.07, 6.45) is 1.93. The maximum Gasteiger partial charge on any atom is 0.188 e. The van der Waals surface area contributed by atoms with Crippen LogP contribution in [0.1, 0.15) is 19.8 Å².